The smallest absolute Gasteiger partial charge is 0.253 e. The Bertz CT molecular complexity index is 571. The molecule has 0 bridgehead atoms. The molecule has 6 nitrogen and oxygen atoms in total. The highest BCUT2D eigenvalue weighted by Gasteiger charge is 2.08. The highest BCUT2D eigenvalue weighted by molar-refractivity contribution is 5.94. The fourth-order valence-electron chi connectivity index (χ4n) is 2.74. The number of guanidine groups is 1. The van der Waals surface area contributed by atoms with Crippen LogP contribution in [0.25, 0.3) is 0 Å². The average Bonchev–Trinajstić information content (AvgIpc) is 2.65. The molecule has 1 aromatic carbocycles. The van der Waals surface area contributed by atoms with E-state index in [-0.39, 0.29) is 5.91 Å². The largest absolute Gasteiger partial charge is 0.356 e. The summed E-state index contributed by atoms with van der Waals surface area (Å²) in [6.07, 6.45) is 2.02. The summed E-state index contributed by atoms with van der Waals surface area (Å²) in [5.74, 6) is 0.850. The van der Waals surface area contributed by atoms with Crippen LogP contribution in [0.2, 0.25) is 0 Å². The SMILES string of the molecule is CCCN(CC)CCNC(=NC)NCCc1cccc(C(=O)N(C)C)c1. The summed E-state index contributed by atoms with van der Waals surface area (Å²) < 4.78 is 0. The van der Waals surface area contributed by atoms with Crippen molar-refractivity contribution in [2.45, 2.75) is 26.7 Å². The Kier molecular flexibility index (Phi) is 10.4. The first kappa shape index (κ1) is 22.0. The molecule has 6 heteroatoms. The highest BCUT2D eigenvalue weighted by Crippen LogP contribution is 2.07. The molecule has 0 radical (unpaired) electrons. The van der Waals surface area contributed by atoms with Crippen LogP contribution in [0.1, 0.15) is 36.2 Å². The van der Waals surface area contributed by atoms with Crippen LogP contribution < -0.4 is 10.6 Å². The van der Waals surface area contributed by atoms with Gasteiger partial charge in [-0.1, -0.05) is 26.0 Å². The molecule has 0 atom stereocenters. The number of likely N-dealkylation sites (N-methyl/N-ethyl adjacent to an activating group) is 1. The molecule has 2 N–H and O–H groups in total. The molecule has 0 aliphatic rings. The number of aliphatic imine (C=N–C) groups is 1. The molecule has 1 amide bonds. The van der Waals surface area contributed by atoms with Gasteiger partial charge in [0.1, 0.15) is 0 Å². The Hall–Kier alpha value is -2.08. The van der Waals surface area contributed by atoms with Crippen LogP contribution in [0.3, 0.4) is 0 Å². The van der Waals surface area contributed by atoms with Crippen molar-refractivity contribution in [1.29, 1.82) is 0 Å². The van der Waals surface area contributed by atoms with E-state index in [1.807, 2.05) is 24.3 Å². The molecule has 0 fully saturated rings. The average molecular weight is 362 g/mol. The van der Waals surface area contributed by atoms with Crippen LogP contribution >= 0.6 is 0 Å². The van der Waals surface area contributed by atoms with Crippen molar-refractivity contribution in [2.24, 2.45) is 4.99 Å². The van der Waals surface area contributed by atoms with E-state index in [0.29, 0.717) is 0 Å². The van der Waals surface area contributed by atoms with Crippen molar-refractivity contribution in [1.82, 2.24) is 20.4 Å². The van der Waals surface area contributed by atoms with Gasteiger partial charge in [-0.3, -0.25) is 9.79 Å². The van der Waals surface area contributed by atoms with E-state index in [9.17, 15) is 4.79 Å². The highest BCUT2D eigenvalue weighted by atomic mass is 16.2. The van der Waals surface area contributed by atoms with E-state index >= 15 is 0 Å². The Balaban J connectivity index is 2.41. The summed E-state index contributed by atoms with van der Waals surface area (Å²) >= 11 is 0. The molecule has 1 rings (SSSR count). The Morgan fingerprint density at radius 1 is 1.12 bits per heavy atom. The van der Waals surface area contributed by atoms with E-state index in [1.165, 1.54) is 6.42 Å². The maximum Gasteiger partial charge on any atom is 0.253 e. The van der Waals surface area contributed by atoms with Crippen molar-refractivity contribution >= 4 is 11.9 Å². The molecule has 0 heterocycles. The quantitative estimate of drug-likeness (QED) is 0.493. The standard InChI is InChI=1S/C20H35N5O/c1-6-14-25(7-2)15-13-23-20(21-3)22-12-11-17-9-8-10-18(16-17)19(26)24(4)5/h8-10,16H,6-7,11-15H2,1-5H3,(H2,21,22,23). The Morgan fingerprint density at radius 2 is 1.85 bits per heavy atom. The van der Waals surface area contributed by atoms with Crippen LogP contribution in [0.5, 0.6) is 0 Å². The maximum atomic E-state index is 12.0. The number of amides is 1. The number of rotatable bonds is 10. The molecule has 0 saturated heterocycles. The van der Waals surface area contributed by atoms with Crippen LogP contribution in [0.15, 0.2) is 29.3 Å². The molecule has 26 heavy (non-hydrogen) atoms. The minimum absolute atomic E-state index is 0.0323. The predicted molar refractivity (Wildman–Crippen MR) is 110 cm³/mol. The number of hydrogen-bond acceptors (Lipinski definition) is 3. The van der Waals surface area contributed by atoms with Gasteiger partial charge >= 0.3 is 0 Å². The van der Waals surface area contributed by atoms with Crippen molar-refractivity contribution in [3.8, 4) is 0 Å². The Labute approximate surface area is 158 Å². The van der Waals surface area contributed by atoms with Crippen LogP contribution in [0.4, 0.5) is 0 Å². The molecule has 0 aromatic heterocycles. The lowest BCUT2D eigenvalue weighted by Crippen LogP contribution is -2.42. The van der Waals surface area contributed by atoms with Gasteiger partial charge in [-0.15, -0.1) is 0 Å². The molecule has 0 spiro atoms. The summed E-state index contributed by atoms with van der Waals surface area (Å²) in [5.41, 5.74) is 1.87. The van der Waals surface area contributed by atoms with Crippen LogP contribution in [-0.4, -0.2) is 75.5 Å². The van der Waals surface area contributed by atoms with E-state index in [1.54, 1.807) is 26.0 Å². The number of nitrogens with one attached hydrogen (secondary N) is 2. The number of nitrogens with zero attached hydrogens (tertiary/aromatic N) is 3. The number of carbonyl (C=O) groups is 1. The van der Waals surface area contributed by atoms with Gasteiger partial charge in [0.05, 0.1) is 0 Å². The molecule has 0 aliphatic carbocycles. The molecule has 1 aromatic rings. The molecular weight excluding hydrogens is 326 g/mol. The molecule has 0 aliphatic heterocycles. The summed E-state index contributed by atoms with van der Waals surface area (Å²) in [5, 5.41) is 6.70. The lowest BCUT2D eigenvalue weighted by atomic mass is 10.1. The van der Waals surface area contributed by atoms with Crippen molar-refractivity contribution in [3.05, 3.63) is 35.4 Å². The zero-order chi connectivity index (χ0) is 19.4. The van der Waals surface area contributed by atoms with Gasteiger partial charge in [-0.2, -0.15) is 0 Å². The van der Waals surface area contributed by atoms with E-state index in [4.69, 9.17) is 0 Å². The van der Waals surface area contributed by atoms with Gasteiger partial charge in [0, 0.05) is 46.3 Å². The lowest BCUT2D eigenvalue weighted by molar-refractivity contribution is 0.0827. The fraction of sp³-hybridized carbons (Fsp3) is 0.600. The van der Waals surface area contributed by atoms with E-state index < -0.39 is 0 Å². The van der Waals surface area contributed by atoms with Crippen molar-refractivity contribution in [3.63, 3.8) is 0 Å². The van der Waals surface area contributed by atoms with E-state index in [0.717, 1.165) is 56.2 Å². The van der Waals surface area contributed by atoms with Crippen LogP contribution in [-0.2, 0) is 6.42 Å². The first-order chi connectivity index (χ1) is 12.5. The second-order valence-corrected chi connectivity index (χ2v) is 6.51. The maximum absolute atomic E-state index is 12.0. The first-order valence-corrected chi connectivity index (χ1v) is 9.49. The second-order valence-electron chi connectivity index (χ2n) is 6.51. The molecule has 0 unspecified atom stereocenters. The summed E-state index contributed by atoms with van der Waals surface area (Å²) in [4.78, 5) is 20.3. The fourth-order valence-corrected chi connectivity index (χ4v) is 2.74. The predicted octanol–water partition coefficient (Wildman–Crippen LogP) is 1.83. The molecule has 0 saturated carbocycles. The van der Waals surface area contributed by atoms with Crippen LogP contribution in [0, 0.1) is 0 Å². The third kappa shape index (κ3) is 7.87. The van der Waals surface area contributed by atoms with Crippen molar-refractivity contribution < 1.29 is 4.79 Å². The number of carbonyl (C=O) groups excluding carboxylic acids is 1. The zero-order valence-electron chi connectivity index (χ0n) is 17.0. The third-order valence-electron chi connectivity index (χ3n) is 4.22. The van der Waals surface area contributed by atoms with Gasteiger partial charge in [-0.05, 0) is 43.6 Å². The van der Waals surface area contributed by atoms with Gasteiger partial charge in [0.15, 0.2) is 5.96 Å². The molecule has 146 valence electrons. The zero-order valence-corrected chi connectivity index (χ0v) is 17.0. The minimum Gasteiger partial charge on any atom is -0.356 e. The van der Waals surface area contributed by atoms with Gasteiger partial charge < -0.3 is 20.4 Å². The second kappa shape index (κ2) is 12.3. The van der Waals surface area contributed by atoms with Gasteiger partial charge in [-0.25, -0.2) is 0 Å². The van der Waals surface area contributed by atoms with Gasteiger partial charge in [0.2, 0.25) is 0 Å². The monoisotopic (exact) mass is 361 g/mol. The normalized spacial score (nSPS) is 11.5. The summed E-state index contributed by atoms with van der Waals surface area (Å²) in [6, 6.07) is 7.81. The first-order valence-electron chi connectivity index (χ1n) is 9.49. The number of benzene rings is 1. The Morgan fingerprint density at radius 3 is 2.46 bits per heavy atom. The topological polar surface area (TPSA) is 60.0 Å². The van der Waals surface area contributed by atoms with Gasteiger partial charge in [0.25, 0.3) is 5.91 Å². The van der Waals surface area contributed by atoms with E-state index in [2.05, 4.69) is 34.4 Å². The summed E-state index contributed by atoms with van der Waals surface area (Å²) in [7, 11) is 5.33. The molecular formula is C20H35N5O. The lowest BCUT2D eigenvalue weighted by Gasteiger charge is -2.20. The van der Waals surface area contributed by atoms with Crippen molar-refractivity contribution in [2.75, 3.05) is 53.9 Å². The summed E-state index contributed by atoms with van der Waals surface area (Å²) in [6.45, 7) is 9.26. The third-order valence-corrected chi connectivity index (χ3v) is 4.22. The number of hydrogen-bond donors (Lipinski definition) is 2. The minimum atomic E-state index is 0.0323.